The smallest absolute Gasteiger partial charge is 0.250 e. The fourth-order valence-electron chi connectivity index (χ4n) is 2.86. The number of aryl methyl sites for hydroxylation is 1. The van der Waals surface area contributed by atoms with Gasteiger partial charge in [0.25, 0.3) is 0 Å². The van der Waals surface area contributed by atoms with E-state index in [0.29, 0.717) is 18.1 Å². The minimum atomic E-state index is -0.0809. The van der Waals surface area contributed by atoms with Crippen LogP contribution in [-0.2, 0) is 7.05 Å². The summed E-state index contributed by atoms with van der Waals surface area (Å²) in [6, 6.07) is 11.5. The number of halogens is 1. The van der Waals surface area contributed by atoms with E-state index in [9.17, 15) is 10.0 Å². The van der Waals surface area contributed by atoms with Crippen molar-refractivity contribution in [2.24, 2.45) is 18.1 Å². The Hall–Kier alpha value is -1.88. The minimum absolute atomic E-state index is 0.0809. The van der Waals surface area contributed by atoms with E-state index in [1.54, 1.807) is 19.3 Å². The van der Waals surface area contributed by atoms with Crippen LogP contribution in [0.25, 0.3) is 0 Å². The van der Waals surface area contributed by atoms with Gasteiger partial charge in [0, 0.05) is 35.8 Å². The van der Waals surface area contributed by atoms with Gasteiger partial charge in [-0.05, 0) is 42.0 Å². The molecular weight excluding hydrogens is 368 g/mol. The number of pyridine rings is 1. The Morgan fingerprint density at radius 3 is 2.42 bits per heavy atom. The lowest BCUT2D eigenvalue weighted by Gasteiger charge is -2.20. The van der Waals surface area contributed by atoms with Crippen molar-refractivity contribution in [1.82, 2.24) is 4.57 Å². The van der Waals surface area contributed by atoms with Crippen LogP contribution in [-0.4, -0.2) is 15.5 Å². The number of benzene rings is 1. The number of aromatic nitrogens is 1. The number of oxime groups is 1. The van der Waals surface area contributed by atoms with Crippen LogP contribution in [0.3, 0.4) is 0 Å². The molecule has 1 N–H and O–H groups in total. The van der Waals surface area contributed by atoms with E-state index in [1.165, 1.54) is 16.2 Å². The monoisotopic (exact) mass is 390 g/mol. The molecule has 1 atom stereocenters. The summed E-state index contributed by atoms with van der Waals surface area (Å²) in [5, 5.41) is 13.0. The van der Waals surface area contributed by atoms with Gasteiger partial charge in [0.2, 0.25) is 5.56 Å². The Morgan fingerprint density at radius 2 is 1.88 bits per heavy atom. The fraction of sp³-hybridized carbons (Fsp3) is 0.368. The molecule has 0 aliphatic rings. The van der Waals surface area contributed by atoms with Crippen molar-refractivity contribution in [2.75, 3.05) is 0 Å². The molecule has 0 amide bonds. The highest BCUT2D eigenvalue weighted by Crippen LogP contribution is 2.29. The Kier molecular flexibility index (Phi) is 6.37. The minimum Gasteiger partial charge on any atom is -0.411 e. The van der Waals surface area contributed by atoms with Crippen molar-refractivity contribution in [1.29, 1.82) is 0 Å². The largest absolute Gasteiger partial charge is 0.411 e. The summed E-state index contributed by atoms with van der Waals surface area (Å²) in [4.78, 5) is 11.6. The van der Waals surface area contributed by atoms with Gasteiger partial charge in [-0.25, -0.2) is 0 Å². The maximum Gasteiger partial charge on any atom is 0.250 e. The quantitative estimate of drug-likeness (QED) is 0.446. The lowest BCUT2D eigenvalue weighted by Crippen LogP contribution is -2.18. The SMILES string of the molecule is CC(C)CC(C/C(=N/O)c1ccc(=O)n(C)c1)c1ccc(Br)cc1. The van der Waals surface area contributed by atoms with Gasteiger partial charge in [-0.2, -0.15) is 0 Å². The molecule has 0 aliphatic heterocycles. The van der Waals surface area contributed by atoms with Crippen molar-refractivity contribution in [3.8, 4) is 0 Å². The third-order valence-corrected chi connectivity index (χ3v) is 4.61. The van der Waals surface area contributed by atoms with E-state index >= 15 is 0 Å². The summed E-state index contributed by atoms with van der Waals surface area (Å²) in [7, 11) is 1.70. The fourth-order valence-corrected chi connectivity index (χ4v) is 3.12. The van der Waals surface area contributed by atoms with Crippen LogP contribution < -0.4 is 5.56 Å². The van der Waals surface area contributed by atoms with E-state index < -0.39 is 0 Å². The normalized spacial score (nSPS) is 13.3. The highest BCUT2D eigenvalue weighted by molar-refractivity contribution is 9.10. The molecule has 0 radical (unpaired) electrons. The zero-order valence-electron chi connectivity index (χ0n) is 14.2. The molecule has 4 nitrogen and oxygen atoms in total. The van der Waals surface area contributed by atoms with Crippen molar-refractivity contribution < 1.29 is 5.21 Å². The zero-order valence-corrected chi connectivity index (χ0v) is 15.8. The lowest BCUT2D eigenvalue weighted by atomic mass is 9.85. The van der Waals surface area contributed by atoms with Crippen molar-refractivity contribution >= 4 is 21.6 Å². The summed E-state index contributed by atoms with van der Waals surface area (Å²) >= 11 is 3.47. The first-order chi connectivity index (χ1) is 11.4. The average Bonchev–Trinajstić information content (AvgIpc) is 2.54. The van der Waals surface area contributed by atoms with Gasteiger partial charge in [-0.15, -0.1) is 0 Å². The maximum absolute atomic E-state index is 11.6. The highest BCUT2D eigenvalue weighted by Gasteiger charge is 2.18. The Morgan fingerprint density at radius 1 is 1.21 bits per heavy atom. The van der Waals surface area contributed by atoms with Gasteiger partial charge < -0.3 is 9.77 Å². The predicted molar refractivity (Wildman–Crippen MR) is 101 cm³/mol. The average molecular weight is 391 g/mol. The molecule has 2 aromatic rings. The van der Waals surface area contributed by atoms with E-state index in [-0.39, 0.29) is 11.5 Å². The number of hydrogen-bond acceptors (Lipinski definition) is 3. The van der Waals surface area contributed by atoms with Crippen LogP contribution in [0, 0.1) is 5.92 Å². The van der Waals surface area contributed by atoms with Crippen molar-refractivity contribution in [3.63, 3.8) is 0 Å². The first-order valence-electron chi connectivity index (χ1n) is 8.04. The molecule has 5 heteroatoms. The van der Waals surface area contributed by atoms with Crippen molar-refractivity contribution in [3.05, 3.63) is 68.5 Å². The molecule has 2 rings (SSSR count). The first-order valence-corrected chi connectivity index (χ1v) is 8.83. The van der Waals surface area contributed by atoms with Gasteiger partial charge in [-0.1, -0.05) is 47.1 Å². The molecule has 0 bridgehead atoms. The van der Waals surface area contributed by atoms with E-state index in [4.69, 9.17) is 0 Å². The van der Waals surface area contributed by atoms with Crippen LogP contribution >= 0.6 is 15.9 Å². The molecule has 24 heavy (non-hydrogen) atoms. The first kappa shape index (κ1) is 18.5. The summed E-state index contributed by atoms with van der Waals surface area (Å²) < 4.78 is 2.54. The lowest BCUT2D eigenvalue weighted by molar-refractivity contribution is 0.317. The molecule has 1 heterocycles. The zero-order chi connectivity index (χ0) is 17.7. The molecule has 0 saturated carbocycles. The Bertz CT molecular complexity index is 764. The molecule has 128 valence electrons. The third-order valence-electron chi connectivity index (χ3n) is 4.08. The molecule has 0 aliphatic carbocycles. The molecule has 1 unspecified atom stereocenters. The molecule has 1 aromatic carbocycles. The summed E-state index contributed by atoms with van der Waals surface area (Å²) in [5.74, 6) is 0.778. The standard InChI is InChI=1S/C19H23BrN2O2/c1-13(2)10-16(14-4-7-17(20)8-5-14)11-18(21-24)15-6-9-19(23)22(3)12-15/h4-9,12-13,16,24H,10-11H2,1-3H3/b21-18-. The Labute approximate surface area is 151 Å². The van der Waals surface area contributed by atoms with Crippen LogP contribution in [0.15, 0.2) is 57.0 Å². The van der Waals surface area contributed by atoms with Crippen LogP contribution in [0.1, 0.15) is 43.7 Å². The number of hydrogen-bond donors (Lipinski definition) is 1. The third kappa shape index (κ3) is 4.81. The summed E-state index contributed by atoms with van der Waals surface area (Å²) in [5.41, 5.74) is 2.50. The van der Waals surface area contributed by atoms with Gasteiger partial charge >= 0.3 is 0 Å². The molecular formula is C19H23BrN2O2. The number of rotatable bonds is 6. The highest BCUT2D eigenvalue weighted by atomic mass is 79.9. The topological polar surface area (TPSA) is 54.6 Å². The van der Waals surface area contributed by atoms with Gasteiger partial charge in [-0.3, -0.25) is 4.79 Å². The van der Waals surface area contributed by atoms with Crippen LogP contribution in [0.2, 0.25) is 0 Å². The predicted octanol–water partition coefficient (Wildman–Crippen LogP) is 4.55. The second-order valence-electron chi connectivity index (χ2n) is 6.50. The molecule has 0 fully saturated rings. The molecule has 0 spiro atoms. The van der Waals surface area contributed by atoms with Crippen molar-refractivity contribution in [2.45, 2.75) is 32.6 Å². The second kappa shape index (κ2) is 8.29. The molecule has 0 saturated heterocycles. The van der Waals surface area contributed by atoms with Gasteiger partial charge in [0.05, 0.1) is 5.71 Å². The summed E-state index contributed by atoms with van der Waals surface area (Å²) in [6.45, 7) is 4.38. The van der Waals surface area contributed by atoms with E-state index in [2.05, 4.69) is 47.1 Å². The second-order valence-corrected chi connectivity index (χ2v) is 7.41. The summed E-state index contributed by atoms with van der Waals surface area (Å²) in [6.07, 6.45) is 3.33. The number of nitrogens with zero attached hydrogens (tertiary/aromatic N) is 2. The Balaban J connectivity index is 2.30. The van der Waals surface area contributed by atoms with Crippen LogP contribution in [0.5, 0.6) is 0 Å². The molecule has 1 aromatic heterocycles. The van der Waals surface area contributed by atoms with Gasteiger partial charge in [0.15, 0.2) is 0 Å². The maximum atomic E-state index is 11.6. The van der Waals surface area contributed by atoms with Gasteiger partial charge in [0.1, 0.15) is 0 Å². The van der Waals surface area contributed by atoms with E-state index in [0.717, 1.165) is 16.5 Å². The van der Waals surface area contributed by atoms with E-state index in [1.807, 2.05) is 12.1 Å². The van der Waals surface area contributed by atoms with Crippen LogP contribution in [0.4, 0.5) is 0 Å².